The predicted molar refractivity (Wildman–Crippen MR) is 118 cm³/mol. The molecule has 1 saturated carbocycles. The summed E-state index contributed by atoms with van der Waals surface area (Å²) in [5, 5.41) is 13.0. The van der Waals surface area contributed by atoms with E-state index in [1.165, 1.54) is 35.9 Å². The highest BCUT2D eigenvalue weighted by molar-refractivity contribution is 8.00. The molecule has 2 atom stereocenters. The van der Waals surface area contributed by atoms with E-state index in [0.29, 0.717) is 11.5 Å². The fourth-order valence-electron chi connectivity index (χ4n) is 3.82. The van der Waals surface area contributed by atoms with Crippen molar-refractivity contribution in [2.75, 3.05) is 17.5 Å². The molecule has 7 heteroatoms. The lowest BCUT2D eigenvalue weighted by Gasteiger charge is -2.26. The number of aromatic carboxylic acids is 1. The van der Waals surface area contributed by atoms with Crippen LogP contribution >= 0.6 is 11.9 Å². The molecule has 0 spiro atoms. The van der Waals surface area contributed by atoms with Crippen LogP contribution in [0.1, 0.15) is 65.5 Å². The zero-order chi connectivity index (χ0) is 20.4. The Morgan fingerprint density at radius 2 is 1.97 bits per heavy atom. The van der Waals surface area contributed by atoms with E-state index in [1.807, 2.05) is 18.2 Å². The summed E-state index contributed by atoms with van der Waals surface area (Å²) in [5.74, 6) is -0.388. The highest BCUT2D eigenvalue weighted by Crippen LogP contribution is 2.45. The van der Waals surface area contributed by atoms with Gasteiger partial charge in [-0.3, -0.25) is 0 Å². The molecular formula is C22H26N2O3S2. The molecule has 1 heterocycles. The fraction of sp³-hybridized carbons (Fsp3) is 0.409. The van der Waals surface area contributed by atoms with E-state index in [1.54, 1.807) is 18.4 Å². The highest BCUT2D eigenvalue weighted by Gasteiger charge is 2.27. The van der Waals surface area contributed by atoms with Gasteiger partial charge in [-0.15, -0.1) is 0 Å². The van der Waals surface area contributed by atoms with E-state index >= 15 is 0 Å². The first kappa shape index (κ1) is 20.6. The minimum Gasteiger partial charge on any atom is -0.612 e. The summed E-state index contributed by atoms with van der Waals surface area (Å²) in [4.78, 5) is 13.2. The monoisotopic (exact) mass is 430 g/mol. The third-order valence-corrected chi connectivity index (χ3v) is 7.40. The van der Waals surface area contributed by atoms with Gasteiger partial charge in [0.2, 0.25) is 0 Å². The van der Waals surface area contributed by atoms with Crippen LogP contribution < -0.4 is 10.0 Å². The molecule has 0 amide bonds. The molecule has 0 aromatic heterocycles. The molecule has 29 heavy (non-hydrogen) atoms. The lowest BCUT2D eigenvalue weighted by Crippen LogP contribution is -2.27. The van der Waals surface area contributed by atoms with Crippen LogP contribution in [0.5, 0.6) is 0 Å². The van der Waals surface area contributed by atoms with E-state index in [2.05, 4.69) is 16.1 Å². The van der Waals surface area contributed by atoms with Gasteiger partial charge >= 0.3 is 5.97 Å². The SMILES string of the molecule is C[S+]([O-])c1ccc(C2CCCCN2)c(NSc2cc(C(=O)O)ccc2C2CC2)c1. The maximum absolute atomic E-state index is 12.0. The summed E-state index contributed by atoms with van der Waals surface area (Å²) >= 11 is 0.399. The quantitative estimate of drug-likeness (QED) is 0.426. The fourth-order valence-corrected chi connectivity index (χ4v) is 5.30. The Hall–Kier alpha value is -1.67. The van der Waals surface area contributed by atoms with Crippen LogP contribution in [0.25, 0.3) is 0 Å². The van der Waals surface area contributed by atoms with Crippen molar-refractivity contribution in [3.05, 3.63) is 53.1 Å². The van der Waals surface area contributed by atoms with Crippen LogP contribution in [-0.4, -0.2) is 28.4 Å². The smallest absolute Gasteiger partial charge is 0.335 e. The van der Waals surface area contributed by atoms with Crippen LogP contribution in [-0.2, 0) is 11.2 Å². The molecule has 2 aromatic rings. The molecule has 1 aliphatic carbocycles. The van der Waals surface area contributed by atoms with Gasteiger partial charge in [0.15, 0.2) is 4.90 Å². The number of nitrogens with one attached hydrogen (secondary N) is 2. The third kappa shape index (κ3) is 4.91. The molecular weight excluding hydrogens is 404 g/mol. The van der Waals surface area contributed by atoms with Gasteiger partial charge in [-0.05, 0) is 90.6 Å². The Morgan fingerprint density at radius 1 is 1.17 bits per heavy atom. The van der Waals surface area contributed by atoms with Crippen LogP contribution in [0.3, 0.4) is 0 Å². The Balaban J connectivity index is 1.62. The largest absolute Gasteiger partial charge is 0.612 e. The number of carboxylic acid groups (broad SMARTS) is 1. The summed E-state index contributed by atoms with van der Waals surface area (Å²) < 4.78 is 15.5. The first-order chi connectivity index (χ1) is 14.0. The Morgan fingerprint density at radius 3 is 2.62 bits per heavy atom. The standard InChI is InChI=1S/C22H26N2O3S2/c1-29(27)16-8-10-18(19-4-2-3-11-23-19)20(13-16)24-28-21-12-15(22(25)26)7-9-17(21)14-5-6-14/h7-10,12-14,19,23-24H,2-6,11H2,1H3,(H,25,26). The number of rotatable bonds is 7. The zero-order valence-electron chi connectivity index (χ0n) is 16.4. The van der Waals surface area contributed by atoms with Crippen molar-refractivity contribution < 1.29 is 14.5 Å². The maximum Gasteiger partial charge on any atom is 0.335 e. The van der Waals surface area contributed by atoms with Crippen molar-refractivity contribution in [2.45, 2.75) is 53.9 Å². The molecule has 1 saturated heterocycles. The second kappa shape index (κ2) is 9.00. The van der Waals surface area contributed by atoms with Gasteiger partial charge in [0, 0.05) is 17.0 Å². The first-order valence-electron chi connectivity index (χ1n) is 10.0. The van der Waals surface area contributed by atoms with Crippen LogP contribution in [0.15, 0.2) is 46.2 Å². The first-order valence-corrected chi connectivity index (χ1v) is 12.4. The molecule has 5 nitrogen and oxygen atoms in total. The normalized spacial score (nSPS) is 20.3. The average Bonchev–Trinajstić information content (AvgIpc) is 3.57. The highest BCUT2D eigenvalue weighted by atomic mass is 32.2. The predicted octanol–water partition coefficient (Wildman–Crippen LogP) is 4.93. The lowest BCUT2D eigenvalue weighted by atomic mass is 9.96. The number of carbonyl (C=O) groups is 1. The van der Waals surface area contributed by atoms with Gasteiger partial charge in [-0.2, -0.15) is 0 Å². The molecule has 1 aliphatic heterocycles. The topological polar surface area (TPSA) is 84.4 Å². The second-order valence-corrected chi connectivity index (χ2v) is 9.97. The summed E-state index contributed by atoms with van der Waals surface area (Å²) in [6.07, 6.45) is 7.46. The van der Waals surface area contributed by atoms with Crippen molar-refractivity contribution in [3.8, 4) is 0 Å². The summed E-state index contributed by atoms with van der Waals surface area (Å²) in [5.41, 5.74) is 3.63. The summed E-state index contributed by atoms with van der Waals surface area (Å²) in [6.45, 7) is 1.01. The van der Waals surface area contributed by atoms with Gasteiger partial charge in [0.25, 0.3) is 0 Å². The van der Waals surface area contributed by atoms with Crippen LogP contribution in [0.4, 0.5) is 5.69 Å². The zero-order valence-corrected chi connectivity index (χ0v) is 18.1. The molecule has 2 aliphatic rings. The van der Waals surface area contributed by atoms with E-state index in [9.17, 15) is 14.5 Å². The van der Waals surface area contributed by atoms with Crippen molar-refractivity contribution >= 4 is 34.8 Å². The number of benzene rings is 2. The third-order valence-electron chi connectivity index (χ3n) is 5.59. The number of anilines is 1. The van der Waals surface area contributed by atoms with Gasteiger partial charge in [-0.1, -0.05) is 18.6 Å². The average molecular weight is 431 g/mol. The molecule has 3 N–H and O–H groups in total. The van der Waals surface area contributed by atoms with Crippen molar-refractivity contribution in [3.63, 3.8) is 0 Å². The lowest BCUT2D eigenvalue weighted by molar-refractivity contribution is 0.0696. The minimum atomic E-state index is -1.06. The molecule has 4 rings (SSSR count). The van der Waals surface area contributed by atoms with E-state index in [0.717, 1.165) is 41.3 Å². The molecule has 2 aromatic carbocycles. The van der Waals surface area contributed by atoms with E-state index < -0.39 is 17.1 Å². The Labute approximate surface area is 179 Å². The van der Waals surface area contributed by atoms with E-state index in [4.69, 9.17) is 0 Å². The Bertz CT molecular complexity index is 894. The van der Waals surface area contributed by atoms with E-state index in [-0.39, 0.29) is 6.04 Å². The van der Waals surface area contributed by atoms with Crippen molar-refractivity contribution in [2.24, 2.45) is 0 Å². The van der Waals surface area contributed by atoms with Gasteiger partial charge in [0.05, 0.1) is 11.3 Å². The second-order valence-electron chi connectivity index (χ2n) is 7.74. The van der Waals surface area contributed by atoms with Gasteiger partial charge in [-0.25, -0.2) is 4.79 Å². The van der Waals surface area contributed by atoms with Crippen molar-refractivity contribution in [1.29, 1.82) is 0 Å². The summed E-state index contributed by atoms with van der Waals surface area (Å²) in [7, 11) is 0. The number of hydrogen-bond acceptors (Lipinski definition) is 5. The molecule has 0 bridgehead atoms. The molecule has 2 fully saturated rings. The maximum atomic E-state index is 12.0. The van der Waals surface area contributed by atoms with Gasteiger partial charge in [0.1, 0.15) is 6.26 Å². The minimum absolute atomic E-state index is 0.277. The van der Waals surface area contributed by atoms with Crippen molar-refractivity contribution in [1.82, 2.24) is 5.32 Å². The molecule has 0 radical (unpaired) electrons. The number of carboxylic acids is 1. The van der Waals surface area contributed by atoms with Gasteiger partial charge < -0.3 is 19.7 Å². The Kier molecular flexibility index (Phi) is 6.39. The number of piperidine rings is 1. The van der Waals surface area contributed by atoms with Crippen LogP contribution in [0.2, 0.25) is 0 Å². The summed E-state index contributed by atoms with van der Waals surface area (Å²) in [6, 6.07) is 11.7. The number of hydrogen-bond donors (Lipinski definition) is 3. The molecule has 2 unspecified atom stereocenters. The molecule has 154 valence electrons. The van der Waals surface area contributed by atoms with Crippen LogP contribution in [0, 0.1) is 0 Å².